The second-order valence-corrected chi connectivity index (χ2v) is 20.3. The van der Waals surface area contributed by atoms with Gasteiger partial charge in [-0.25, -0.2) is 19.2 Å². The minimum atomic E-state index is -1.52. The highest BCUT2D eigenvalue weighted by Gasteiger charge is 2.43. The van der Waals surface area contributed by atoms with E-state index in [4.69, 9.17) is 30.4 Å². The topological polar surface area (TPSA) is 238 Å². The van der Waals surface area contributed by atoms with Gasteiger partial charge in [0.2, 0.25) is 0 Å². The number of carbonyl (C=O) groups is 8. The van der Waals surface area contributed by atoms with Crippen molar-refractivity contribution in [2.24, 2.45) is 23.7 Å². The number of cyclic esters (lactones) is 4. The van der Waals surface area contributed by atoms with E-state index < -0.39 is 96.1 Å². The van der Waals surface area contributed by atoms with Crippen molar-refractivity contribution < 1.29 is 57.3 Å². The zero-order valence-corrected chi connectivity index (χ0v) is 43.6. The van der Waals surface area contributed by atoms with Crippen LogP contribution < -0.4 is 11.5 Å². The lowest BCUT2D eigenvalue weighted by Crippen LogP contribution is -2.55. The summed E-state index contributed by atoms with van der Waals surface area (Å²) in [5.74, 6) is -7.45. The minimum Gasteiger partial charge on any atom is -0.451 e. The normalized spacial score (nSPS) is 24.8. The van der Waals surface area contributed by atoms with Gasteiger partial charge in [0.25, 0.3) is 23.6 Å². The van der Waals surface area contributed by atoms with Crippen molar-refractivity contribution in [2.75, 3.05) is 39.7 Å². The van der Waals surface area contributed by atoms with Crippen molar-refractivity contribution in [1.29, 1.82) is 0 Å². The number of anilines is 2. The molecule has 8 atom stereocenters. The van der Waals surface area contributed by atoms with Crippen LogP contribution in [-0.2, 0) is 70.1 Å². The Bertz CT molecular complexity index is 1960. The van der Waals surface area contributed by atoms with Crippen molar-refractivity contribution in [3.8, 4) is 0 Å². The fraction of sp³-hybridized carbons (Fsp3) is 0.615. The summed E-state index contributed by atoms with van der Waals surface area (Å²) in [4.78, 5) is 120. The summed E-state index contributed by atoms with van der Waals surface area (Å²) in [6, 6.07) is 8.09. The Morgan fingerprint density at radius 1 is 0.400 bits per heavy atom. The van der Waals surface area contributed by atoms with Gasteiger partial charge in [-0.15, -0.1) is 0 Å². The number of amides is 4. The highest BCUT2D eigenvalue weighted by Crippen LogP contribution is 2.24. The first kappa shape index (κ1) is 58.1. The molecule has 0 radical (unpaired) electrons. The van der Waals surface area contributed by atoms with Crippen molar-refractivity contribution in [3.63, 3.8) is 0 Å². The van der Waals surface area contributed by atoms with Gasteiger partial charge in [0.05, 0.1) is 0 Å². The molecule has 8 unspecified atom stereocenters. The summed E-state index contributed by atoms with van der Waals surface area (Å²) < 4.78 is 23.8. The van der Waals surface area contributed by atoms with Crippen molar-refractivity contribution in [1.82, 2.24) is 19.6 Å². The van der Waals surface area contributed by atoms with Crippen LogP contribution >= 0.6 is 0 Å². The summed E-state index contributed by atoms with van der Waals surface area (Å²) in [5.41, 5.74) is 14.0. The average molecular weight is 979 g/mol. The van der Waals surface area contributed by atoms with E-state index in [-0.39, 0.29) is 62.2 Å². The first-order chi connectivity index (χ1) is 32.6. The molecular formula is C52H78N6O12. The molecule has 2 aromatic carbocycles. The number of esters is 4. The Labute approximate surface area is 414 Å². The molecule has 4 amide bonds. The van der Waals surface area contributed by atoms with Gasteiger partial charge in [0.15, 0.2) is 24.4 Å². The summed E-state index contributed by atoms with van der Waals surface area (Å²) >= 11 is 0. The number of rotatable bonds is 12. The molecule has 0 aromatic heterocycles. The summed E-state index contributed by atoms with van der Waals surface area (Å²) in [7, 11) is 5.49. The van der Waals surface area contributed by atoms with Crippen LogP contribution in [0.3, 0.4) is 0 Å². The number of likely N-dealkylation sites (N-methyl/N-ethyl adjacent to an activating group) is 4. The second kappa shape index (κ2) is 26.1. The largest absolute Gasteiger partial charge is 0.451 e. The van der Waals surface area contributed by atoms with Crippen LogP contribution in [-0.4, -0.2) is 144 Å². The molecule has 18 nitrogen and oxygen atoms in total. The number of benzene rings is 2. The van der Waals surface area contributed by atoms with Crippen LogP contribution in [0.1, 0.15) is 106 Å². The van der Waals surface area contributed by atoms with Crippen LogP contribution in [0.5, 0.6) is 0 Å². The summed E-state index contributed by atoms with van der Waals surface area (Å²) in [5, 5.41) is 0. The molecule has 70 heavy (non-hydrogen) atoms. The molecule has 0 aliphatic carbocycles. The lowest BCUT2D eigenvalue weighted by molar-refractivity contribution is -0.176. The predicted octanol–water partition coefficient (Wildman–Crippen LogP) is 4.83. The molecule has 0 saturated carbocycles. The standard InChI is InChI=1S/C52H78N6O12/c1-29(2)23-39-49(63)67-33(9)45(59)55(11)42(26-32(7)8)52(66)70-44(28-36-17-21-38(54)22-18-36)48(62)58(14)40(24-30(3)4)50(64)68-34(10)46(60)56(12)41(25-31(5)6)51(65)69-43(47(61)57(39)13)27-35-15-19-37(53)20-16-35/h15-22,29-34,39-44H,23-28,53-54H2,1-14H3. The number of ether oxygens (including phenoxy) is 4. The molecule has 1 heterocycles. The van der Waals surface area contributed by atoms with Crippen LogP contribution in [0.2, 0.25) is 0 Å². The molecule has 1 aliphatic heterocycles. The fourth-order valence-corrected chi connectivity index (χ4v) is 8.22. The minimum absolute atomic E-state index is 0.0857. The first-order valence-corrected chi connectivity index (χ1v) is 24.2. The van der Waals surface area contributed by atoms with E-state index in [1.807, 2.05) is 55.4 Å². The molecule has 388 valence electrons. The third-order valence-electron chi connectivity index (χ3n) is 12.3. The van der Waals surface area contributed by atoms with Gasteiger partial charge in [-0.1, -0.05) is 79.7 Å². The van der Waals surface area contributed by atoms with Gasteiger partial charge in [0.1, 0.15) is 24.2 Å². The maximum absolute atomic E-state index is 14.7. The second-order valence-electron chi connectivity index (χ2n) is 20.3. The van der Waals surface area contributed by atoms with Crippen molar-refractivity contribution >= 4 is 58.9 Å². The number of nitrogens with two attached hydrogens (primary N) is 2. The first-order valence-electron chi connectivity index (χ1n) is 24.2. The number of nitrogens with zero attached hydrogens (tertiary/aromatic N) is 4. The maximum atomic E-state index is 14.7. The third kappa shape index (κ3) is 16.5. The lowest BCUT2D eigenvalue weighted by Gasteiger charge is -2.35. The zero-order chi connectivity index (χ0) is 52.9. The maximum Gasteiger partial charge on any atom is 0.329 e. The Kier molecular flexibility index (Phi) is 21.7. The molecule has 1 aliphatic rings. The van der Waals surface area contributed by atoms with Gasteiger partial charge in [0, 0.05) is 52.4 Å². The third-order valence-corrected chi connectivity index (χ3v) is 12.3. The number of nitrogen functional groups attached to an aromatic ring is 2. The fourth-order valence-electron chi connectivity index (χ4n) is 8.22. The molecule has 1 fully saturated rings. The van der Waals surface area contributed by atoms with Crippen molar-refractivity contribution in [3.05, 3.63) is 59.7 Å². The van der Waals surface area contributed by atoms with Gasteiger partial charge >= 0.3 is 23.9 Å². The summed E-state index contributed by atoms with van der Waals surface area (Å²) in [6.07, 6.45) is -5.93. The van der Waals surface area contributed by atoms with E-state index in [1.54, 1.807) is 48.5 Å². The van der Waals surface area contributed by atoms with Crippen LogP contribution in [0.4, 0.5) is 11.4 Å². The molecule has 3 rings (SSSR count). The van der Waals surface area contributed by atoms with Crippen LogP contribution in [0.25, 0.3) is 0 Å². The SMILES string of the molecule is CC(C)CC1C(=O)OC(Cc2ccc(N)cc2)C(=O)N(C)C(CC(C)C)C(=O)OC(C)C(=O)N(C)C(CC(C)C)C(=O)OC(Cc2ccc(N)cc2)C(=O)N(C)C(CC(C)C)C(=O)OC(C)C(=O)N1C. The lowest BCUT2D eigenvalue weighted by atomic mass is 10.00. The smallest absolute Gasteiger partial charge is 0.329 e. The highest BCUT2D eigenvalue weighted by molar-refractivity contribution is 5.94. The molecule has 0 bridgehead atoms. The van der Waals surface area contributed by atoms with E-state index in [9.17, 15) is 38.4 Å². The Balaban J connectivity index is 2.26. The van der Waals surface area contributed by atoms with Gasteiger partial charge < -0.3 is 50.0 Å². The molecule has 0 spiro atoms. The Morgan fingerprint density at radius 2 is 0.629 bits per heavy atom. The molecule has 18 heteroatoms. The van der Waals surface area contributed by atoms with E-state index in [0.717, 1.165) is 19.6 Å². The molecular weight excluding hydrogens is 901 g/mol. The Hall–Kier alpha value is -6.20. The van der Waals surface area contributed by atoms with E-state index in [1.165, 1.54) is 42.0 Å². The van der Waals surface area contributed by atoms with E-state index in [0.29, 0.717) is 22.5 Å². The van der Waals surface area contributed by atoms with E-state index >= 15 is 0 Å². The van der Waals surface area contributed by atoms with Crippen molar-refractivity contribution in [2.45, 2.75) is 156 Å². The number of hydrogen-bond acceptors (Lipinski definition) is 14. The number of hydrogen-bond donors (Lipinski definition) is 2. The number of carbonyl (C=O) groups excluding carboxylic acids is 8. The molecule has 1 saturated heterocycles. The predicted molar refractivity (Wildman–Crippen MR) is 264 cm³/mol. The van der Waals surface area contributed by atoms with Gasteiger partial charge in [-0.05, 0) is 98.6 Å². The Morgan fingerprint density at radius 3 is 0.871 bits per heavy atom. The van der Waals surface area contributed by atoms with Crippen LogP contribution in [0.15, 0.2) is 48.5 Å². The quantitative estimate of drug-likeness (QED) is 0.165. The van der Waals surface area contributed by atoms with E-state index in [2.05, 4.69) is 0 Å². The zero-order valence-electron chi connectivity index (χ0n) is 43.6. The monoisotopic (exact) mass is 979 g/mol. The van der Waals surface area contributed by atoms with Gasteiger partial charge in [-0.3, -0.25) is 19.2 Å². The molecule has 2 aromatic rings. The van der Waals surface area contributed by atoms with Gasteiger partial charge in [-0.2, -0.15) is 0 Å². The molecule has 4 N–H and O–H groups in total. The highest BCUT2D eigenvalue weighted by atomic mass is 16.6. The van der Waals surface area contributed by atoms with Crippen LogP contribution in [0, 0.1) is 23.7 Å². The summed E-state index contributed by atoms with van der Waals surface area (Å²) in [6.45, 7) is 17.4. The average Bonchev–Trinajstić information content (AvgIpc) is 3.29.